The molecule has 0 saturated carbocycles. The third kappa shape index (κ3) is 1.40. The first-order valence-corrected chi connectivity index (χ1v) is 3.79. The predicted molar refractivity (Wildman–Crippen MR) is 47.8 cm³/mol. The van der Waals surface area contributed by atoms with Crippen LogP contribution in [-0.4, -0.2) is 9.68 Å². The molecule has 0 amide bonds. The van der Waals surface area contributed by atoms with Crippen LogP contribution >= 0.6 is 12.6 Å². The van der Waals surface area contributed by atoms with Gasteiger partial charge < -0.3 is 10.3 Å². The van der Waals surface area contributed by atoms with E-state index in [1.165, 1.54) is 0 Å². The summed E-state index contributed by atoms with van der Waals surface area (Å²) in [5.74, 6) is 0.493. The highest BCUT2D eigenvalue weighted by atomic mass is 32.1. The van der Waals surface area contributed by atoms with Crippen molar-refractivity contribution in [3.63, 3.8) is 0 Å². The molecule has 3 nitrogen and oxygen atoms in total. The number of aryl methyl sites for hydroxylation is 1. The van der Waals surface area contributed by atoms with Crippen LogP contribution < -0.4 is 5.73 Å². The van der Waals surface area contributed by atoms with E-state index in [9.17, 15) is 4.79 Å². The van der Waals surface area contributed by atoms with Crippen molar-refractivity contribution < 1.29 is 4.79 Å². The minimum Gasteiger partial charge on any atom is -0.384 e. The highest BCUT2D eigenvalue weighted by molar-refractivity contribution is 7.97. The Labute approximate surface area is 70.6 Å². The van der Waals surface area contributed by atoms with E-state index < -0.39 is 0 Å². The molecular weight excluding hydrogens is 160 g/mol. The van der Waals surface area contributed by atoms with E-state index in [1.54, 1.807) is 16.8 Å². The van der Waals surface area contributed by atoms with Crippen molar-refractivity contribution in [2.75, 3.05) is 5.73 Å². The van der Waals surface area contributed by atoms with E-state index in [2.05, 4.69) is 12.6 Å². The summed E-state index contributed by atoms with van der Waals surface area (Å²) in [6.45, 7) is 2.73. The van der Waals surface area contributed by atoms with E-state index in [4.69, 9.17) is 5.73 Å². The molecule has 1 aromatic rings. The molecule has 0 bridgehead atoms. The maximum absolute atomic E-state index is 10.8. The summed E-state index contributed by atoms with van der Waals surface area (Å²) in [5.41, 5.74) is 6.09. The maximum atomic E-state index is 10.8. The van der Waals surface area contributed by atoms with Gasteiger partial charge in [-0.25, -0.2) is 0 Å². The molecule has 0 fully saturated rings. The average Bonchev–Trinajstić information content (AvgIpc) is 2.30. The second-order valence-electron chi connectivity index (χ2n) is 2.21. The molecule has 0 aliphatic heterocycles. The lowest BCUT2D eigenvalue weighted by atomic mass is 10.3. The number of anilines is 1. The molecular formula is C7H10N2OS. The zero-order valence-corrected chi connectivity index (χ0v) is 7.14. The number of thiol groups is 1. The standard InChI is InChI=1S/C7H10N2OS/c1-2-9-4-3-5(6(9)8)7(10)11/h3-4H,2,8H2,1H3,(H,10,11). The number of nitrogen functional groups attached to an aromatic ring is 1. The van der Waals surface area contributed by atoms with E-state index in [1.807, 2.05) is 6.92 Å². The molecule has 1 heterocycles. The third-order valence-corrected chi connectivity index (χ3v) is 1.82. The quantitative estimate of drug-likeness (QED) is 0.654. The van der Waals surface area contributed by atoms with Gasteiger partial charge in [-0.1, -0.05) is 0 Å². The van der Waals surface area contributed by atoms with Gasteiger partial charge in [0.05, 0.1) is 5.56 Å². The first-order chi connectivity index (χ1) is 5.16. The van der Waals surface area contributed by atoms with Gasteiger partial charge >= 0.3 is 0 Å². The van der Waals surface area contributed by atoms with Crippen molar-refractivity contribution in [2.24, 2.45) is 0 Å². The molecule has 0 radical (unpaired) electrons. The first-order valence-electron chi connectivity index (χ1n) is 3.34. The topological polar surface area (TPSA) is 48.0 Å². The number of carbonyl (C=O) groups excluding carboxylic acids is 1. The van der Waals surface area contributed by atoms with Gasteiger partial charge in [0.25, 0.3) is 0 Å². The summed E-state index contributed by atoms with van der Waals surface area (Å²) >= 11 is 3.68. The summed E-state index contributed by atoms with van der Waals surface area (Å²) in [5, 5.41) is -0.283. The zero-order chi connectivity index (χ0) is 8.43. The Kier molecular flexibility index (Phi) is 2.24. The summed E-state index contributed by atoms with van der Waals surface area (Å²) in [6, 6.07) is 1.67. The molecule has 1 rings (SSSR count). The first kappa shape index (κ1) is 8.20. The normalized spacial score (nSPS) is 10.0. The van der Waals surface area contributed by atoms with Crippen LogP contribution in [0.15, 0.2) is 12.3 Å². The van der Waals surface area contributed by atoms with E-state index in [0.29, 0.717) is 11.4 Å². The Balaban J connectivity index is 3.10. The van der Waals surface area contributed by atoms with Crippen molar-refractivity contribution in [1.29, 1.82) is 0 Å². The van der Waals surface area contributed by atoms with Gasteiger partial charge in [-0.05, 0) is 13.0 Å². The van der Waals surface area contributed by atoms with Crippen molar-refractivity contribution in [1.82, 2.24) is 4.57 Å². The number of nitrogens with two attached hydrogens (primary N) is 1. The van der Waals surface area contributed by atoms with Crippen LogP contribution in [0.25, 0.3) is 0 Å². The fraction of sp³-hybridized carbons (Fsp3) is 0.286. The molecule has 0 saturated heterocycles. The SMILES string of the molecule is CCn1ccc(C(=O)S)c1N. The minimum atomic E-state index is -0.283. The predicted octanol–water partition coefficient (Wildman–Crippen LogP) is 1.16. The molecule has 11 heavy (non-hydrogen) atoms. The molecule has 0 atom stereocenters. The van der Waals surface area contributed by atoms with Crippen LogP contribution in [0.4, 0.5) is 5.82 Å². The molecule has 0 aromatic carbocycles. The van der Waals surface area contributed by atoms with Crippen molar-refractivity contribution in [3.05, 3.63) is 17.8 Å². The van der Waals surface area contributed by atoms with Gasteiger partial charge in [0.1, 0.15) is 5.82 Å². The third-order valence-electron chi connectivity index (χ3n) is 1.58. The van der Waals surface area contributed by atoms with Gasteiger partial charge in [-0.2, -0.15) is 0 Å². The van der Waals surface area contributed by atoms with Gasteiger partial charge in [0.2, 0.25) is 5.12 Å². The molecule has 0 aliphatic rings. The number of aromatic nitrogens is 1. The summed E-state index contributed by atoms with van der Waals surface area (Å²) in [4.78, 5) is 10.8. The van der Waals surface area contributed by atoms with Crippen molar-refractivity contribution in [3.8, 4) is 0 Å². The Morgan fingerprint density at radius 1 is 1.82 bits per heavy atom. The van der Waals surface area contributed by atoms with Gasteiger partial charge in [-0.3, -0.25) is 4.79 Å². The van der Waals surface area contributed by atoms with Crippen LogP contribution in [0.1, 0.15) is 17.3 Å². The van der Waals surface area contributed by atoms with E-state index in [0.717, 1.165) is 6.54 Å². The second kappa shape index (κ2) is 3.00. The largest absolute Gasteiger partial charge is 0.384 e. The molecule has 4 heteroatoms. The smallest absolute Gasteiger partial charge is 0.220 e. The molecule has 0 aliphatic carbocycles. The average molecular weight is 170 g/mol. The fourth-order valence-corrected chi connectivity index (χ4v) is 1.13. The van der Waals surface area contributed by atoms with Gasteiger partial charge in [0.15, 0.2) is 0 Å². The maximum Gasteiger partial charge on any atom is 0.220 e. The molecule has 0 unspecified atom stereocenters. The van der Waals surface area contributed by atoms with Crippen LogP contribution in [-0.2, 0) is 6.54 Å². The number of hydrogen-bond acceptors (Lipinski definition) is 2. The number of carbonyl (C=O) groups is 1. The fourth-order valence-electron chi connectivity index (χ4n) is 0.942. The van der Waals surface area contributed by atoms with Gasteiger partial charge in [-0.15, -0.1) is 12.6 Å². The number of rotatable bonds is 2. The van der Waals surface area contributed by atoms with Gasteiger partial charge in [0, 0.05) is 12.7 Å². The second-order valence-corrected chi connectivity index (χ2v) is 2.61. The highest BCUT2D eigenvalue weighted by Gasteiger charge is 2.08. The summed E-state index contributed by atoms with van der Waals surface area (Å²) in [6.07, 6.45) is 1.78. The highest BCUT2D eigenvalue weighted by Crippen LogP contribution is 2.14. The number of nitrogens with zero attached hydrogens (tertiary/aromatic N) is 1. The zero-order valence-electron chi connectivity index (χ0n) is 6.24. The lowest BCUT2D eigenvalue weighted by Gasteiger charge is -2.00. The number of hydrogen-bond donors (Lipinski definition) is 2. The Morgan fingerprint density at radius 3 is 2.73 bits per heavy atom. The summed E-state index contributed by atoms with van der Waals surface area (Å²) in [7, 11) is 0. The van der Waals surface area contributed by atoms with Crippen molar-refractivity contribution >= 4 is 23.6 Å². The van der Waals surface area contributed by atoms with E-state index >= 15 is 0 Å². The van der Waals surface area contributed by atoms with Crippen LogP contribution in [0, 0.1) is 0 Å². The lowest BCUT2D eigenvalue weighted by Crippen LogP contribution is -2.02. The summed E-state index contributed by atoms with van der Waals surface area (Å²) < 4.78 is 1.80. The molecule has 0 spiro atoms. The molecule has 1 aromatic heterocycles. The Bertz CT molecular complexity index is 280. The van der Waals surface area contributed by atoms with Crippen molar-refractivity contribution in [2.45, 2.75) is 13.5 Å². The Hall–Kier alpha value is -0.900. The monoisotopic (exact) mass is 170 g/mol. The minimum absolute atomic E-state index is 0.283. The van der Waals surface area contributed by atoms with Crippen LogP contribution in [0.2, 0.25) is 0 Å². The molecule has 2 N–H and O–H groups in total. The van der Waals surface area contributed by atoms with Crippen LogP contribution in [0.5, 0.6) is 0 Å². The van der Waals surface area contributed by atoms with E-state index in [-0.39, 0.29) is 5.12 Å². The lowest BCUT2D eigenvalue weighted by molar-refractivity contribution is 0.109. The molecule has 60 valence electrons. The Morgan fingerprint density at radius 2 is 2.45 bits per heavy atom. The van der Waals surface area contributed by atoms with Crippen LogP contribution in [0.3, 0.4) is 0 Å².